The van der Waals surface area contributed by atoms with E-state index in [1.807, 2.05) is 106 Å². The van der Waals surface area contributed by atoms with E-state index in [1.165, 1.54) is 11.8 Å². The Morgan fingerprint density at radius 1 is 0.975 bits per heavy atom. The van der Waals surface area contributed by atoms with Gasteiger partial charge in [-0.15, -0.1) is 10.2 Å². The number of nitrogens with one attached hydrogen (secondary N) is 1. The van der Waals surface area contributed by atoms with Gasteiger partial charge in [-0.25, -0.2) is 0 Å². The summed E-state index contributed by atoms with van der Waals surface area (Å²) in [6.07, 6.45) is 0. The molecule has 1 atom stereocenters. The summed E-state index contributed by atoms with van der Waals surface area (Å²) in [5.41, 5.74) is 2.80. The highest BCUT2D eigenvalue weighted by Gasteiger charge is 2.34. The molecule has 3 aromatic carbocycles. The first-order valence-corrected chi connectivity index (χ1v) is 14.0. The second kappa shape index (κ2) is 12.4. The van der Waals surface area contributed by atoms with Crippen molar-refractivity contribution in [2.24, 2.45) is 7.05 Å². The van der Waals surface area contributed by atoms with E-state index in [-0.39, 0.29) is 17.6 Å². The Labute approximate surface area is 239 Å². The lowest BCUT2D eigenvalue weighted by molar-refractivity contribution is -0.127. The van der Waals surface area contributed by atoms with Crippen molar-refractivity contribution in [3.8, 4) is 17.1 Å². The molecule has 1 heterocycles. The summed E-state index contributed by atoms with van der Waals surface area (Å²) in [7, 11) is 3.47. The zero-order valence-electron chi connectivity index (χ0n) is 23.7. The number of aromatic nitrogens is 3. The molecule has 208 valence electrons. The SMILES string of the molecule is COc1ccc(C(C(=O)NC(C)(C)C)N(C(=O)CSc2nnc(-c3ccccc3)n2C)c2ccc(C)cc2)cc1. The monoisotopic (exact) mass is 557 g/mol. The number of aryl methyl sites for hydroxylation is 1. The van der Waals surface area contributed by atoms with Gasteiger partial charge >= 0.3 is 0 Å². The number of anilines is 1. The van der Waals surface area contributed by atoms with Crippen molar-refractivity contribution in [3.05, 3.63) is 90.0 Å². The molecule has 0 saturated heterocycles. The van der Waals surface area contributed by atoms with Crippen LogP contribution in [0.25, 0.3) is 11.4 Å². The molecule has 1 unspecified atom stereocenters. The number of rotatable bonds is 9. The van der Waals surface area contributed by atoms with Gasteiger partial charge in [0, 0.05) is 23.8 Å². The molecule has 8 nitrogen and oxygen atoms in total. The third-order valence-corrected chi connectivity index (χ3v) is 7.21. The Kier molecular flexibility index (Phi) is 8.94. The Hall–Kier alpha value is -4.11. The van der Waals surface area contributed by atoms with Crippen LogP contribution >= 0.6 is 11.8 Å². The Morgan fingerprint density at radius 2 is 1.62 bits per heavy atom. The molecule has 0 bridgehead atoms. The van der Waals surface area contributed by atoms with Gasteiger partial charge < -0.3 is 14.6 Å². The zero-order valence-corrected chi connectivity index (χ0v) is 24.5. The minimum Gasteiger partial charge on any atom is -0.497 e. The summed E-state index contributed by atoms with van der Waals surface area (Å²) >= 11 is 1.29. The Morgan fingerprint density at radius 3 is 2.23 bits per heavy atom. The fraction of sp³-hybridized carbons (Fsp3) is 0.290. The highest BCUT2D eigenvalue weighted by Crippen LogP contribution is 2.32. The van der Waals surface area contributed by atoms with E-state index >= 15 is 0 Å². The second-order valence-electron chi connectivity index (χ2n) is 10.5. The maximum Gasteiger partial charge on any atom is 0.248 e. The normalized spacial score (nSPS) is 12.1. The minimum atomic E-state index is -0.902. The number of thioether (sulfide) groups is 1. The van der Waals surface area contributed by atoms with Crippen molar-refractivity contribution in [1.82, 2.24) is 20.1 Å². The van der Waals surface area contributed by atoms with Crippen LogP contribution in [0.3, 0.4) is 0 Å². The van der Waals surface area contributed by atoms with Gasteiger partial charge in [0.2, 0.25) is 11.8 Å². The van der Waals surface area contributed by atoms with Gasteiger partial charge in [-0.1, -0.05) is 71.9 Å². The van der Waals surface area contributed by atoms with Gasteiger partial charge in [0.15, 0.2) is 11.0 Å². The predicted octanol–water partition coefficient (Wildman–Crippen LogP) is 5.58. The first kappa shape index (κ1) is 28.9. The van der Waals surface area contributed by atoms with Gasteiger partial charge in [-0.2, -0.15) is 0 Å². The molecular weight excluding hydrogens is 522 g/mol. The van der Waals surface area contributed by atoms with Crippen LogP contribution in [-0.2, 0) is 16.6 Å². The van der Waals surface area contributed by atoms with E-state index in [4.69, 9.17) is 4.74 Å². The highest BCUT2D eigenvalue weighted by molar-refractivity contribution is 7.99. The molecule has 9 heteroatoms. The number of methoxy groups -OCH3 is 1. The number of hydrogen-bond donors (Lipinski definition) is 1. The fourth-order valence-corrected chi connectivity index (χ4v) is 5.03. The minimum absolute atomic E-state index is 0.0596. The van der Waals surface area contributed by atoms with E-state index in [0.29, 0.717) is 28.0 Å². The van der Waals surface area contributed by atoms with Crippen LogP contribution in [0.4, 0.5) is 5.69 Å². The number of amides is 2. The van der Waals surface area contributed by atoms with E-state index in [9.17, 15) is 9.59 Å². The van der Waals surface area contributed by atoms with Gasteiger partial charge in [0.25, 0.3) is 0 Å². The van der Waals surface area contributed by atoms with E-state index in [2.05, 4.69) is 15.5 Å². The standard InChI is InChI=1S/C31H35N5O3S/c1-21-12-16-24(17-13-21)36(27(29(38)32-31(2,3)4)22-14-18-25(39-6)19-15-22)26(37)20-40-30-34-33-28(35(30)5)23-10-8-7-9-11-23/h7-19,27H,20H2,1-6H3,(H,32,38). The topological polar surface area (TPSA) is 89.3 Å². The first-order chi connectivity index (χ1) is 19.1. The lowest BCUT2D eigenvalue weighted by Crippen LogP contribution is -2.50. The van der Waals surface area contributed by atoms with Crippen LogP contribution in [0.1, 0.15) is 37.9 Å². The van der Waals surface area contributed by atoms with Crippen molar-refractivity contribution in [2.45, 2.75) is 44.4 Å². The molecule has 0 aliphatic heterocycles. The smallest absolute Gasteiger partial charge is 0.248 e. The lowest BCUT2D eigenvalue weighted by Gasteiger charge is -2.34. The molecule has 0 aliphatic carbocycles. The van der Waals surface area contributed by atoms with Crippen molar-refractivity contribution >= 4 is 29.3 Å². The highest BCUT2D eigenvalue weighted by atomic mass is 32.2. The van der Waals surface area contributed by atoms with Crippen LogP contribution in [0, 0.1) is 6.92 Å². The molecule has 1 aromatic heterocycles. The summed E-state index contributed by atoms with van der Waals surface area (Å²) in [6, 6.07) is 23.7. The average molecular weight is 558 g/mol. The van der Waals surface area contributed by atoms with Crippen LogP contribution in [0.15, 0.2) is 84.0 Å². The summed E-state index contributed by atoms with van der Waals surface area (Å²) in [4.78, 5) is 29.4. The molecule has 2 amide bonds. The molecule has 0 aliphatic rings. The molecule has 1 N–H and O–H groups in total. The third kappa shape index (κ3) is 6.90. The molecule has 4 aromatic rings. The van der Waals surface area contributed by atoms with Crippen LogP contribution in [-0.4, -0.2) is 45.0 Å². The first-order valence-electron chi connectivity index (χ1n) is 13.0. The summed E-state index contributed by atoms with van der Waals surface area (Å²) in [5.74, 6) is 0.930. The number of benzene rings is 3. The largest absolute Gasteiger partial charge is 0.497 e. The van der Waals surface area contributed by atoms with Gasteiger partial charge in [0.05, 0.1) is 12.9 Å². The fourth-order valence-electron chi connectivity index (χ4n) is 4.26. The second-order valence-corrected chi connectivity index (χ2v) is 11.5. The lowest BCUT2D eigenvalue weighted by atomic mass is 10.0. The Bertz CT molecular complexity index is 1450. The average Bonchev–Trinajstić information content (AvgIpc) is 3.30. The van der Waals surface area contributed by atoms with Crippen LogP contribution in [0.2, 0.25) is 0 Å². The quantitative estimate of drug-likeness (QED) is 0.270. The Balaban J connectivity index is 1.69. The number of ether oxygens (including phenoxy) is 1. The number of carbonyl (C=O) groups is 2. The maximum atomic E-state index is 14.0. The summed E-state index contributed by atoms with van der Waals surface area (Å²) in [5, 5.41) is 12.3. The molecule has 4 rings (SSSR count). The van der Waals surface area contributed by atoms with Crippen molar-refractivity contribution < 1.29 is 14.3 Å². The molecule has 0 spiro atoms. The van der Waals surface area contributed by atoms with Crippen molar-refractivity contribution in [2.75, 3.05) is 17.8 Å². The summed E-state index contributed by atoms with van der Waals surface area (Å²) in [6.45, 7) is 7.74. The van der Waals surface area contributed by atoms with Crippen molar-refractivity contribution in [1.29, 1.82) is 0 Å². The maximum absolute atomic E-state index is 14.0. The molecule has 40 heavy (non-hydrogen) atoms. The third-order valence-electron chi connectivity index (χ3n) is 6.21. The zero-order chi connectivity index (χ0) is 28.9. The molecule has 0 saturated carbocycles. The molecular formula is C31H35N5O3S. The van der Waals surface area contributed by atoms with Gasteiger partial charge in [0.1, 0.15) is 11.8 Å². The van der Waals surface area contributed by atoms with E-state index in [0.717, 1.165) is 11.1 Å². The number of hydrogen-bond acceptors (Lipinski definition) is 6. The van der Waals surface area contributed by atoms with Crippen LogP contribution in [0.5, 0.6) is 5.75 Å². The van der Waals surface area contributed by atoms with E-state index in [1.54, 1.807) is 24.1 Å². The van der Waals surface area contributed by atoms with E-state index < -0.39 is 11.6 Å². The molecule has 0 radical (unpaired) electrons. The van der Waals surface area contributed by atoms with Crippen molar-refractivity contribution in [3.63, 3.8) is 0 Å². The number of nitrogens with zero attached hydrogens (tertiary/aromatic N) is 4. The van der Waals surface area contributed by atoms with Gasteiger partial charge in [-0.05, 0) is 57.5 Å². The van der Waals surface area contributed by atoms with Gasteiger partial charge in [-0.3, -0.25) is 14.5 Å². The number of carbonyl (C=O) groups excluding carboxylic acids is 2. The summed E-state index contributed by atoms with van der Waals surface area (Å²) < 4.78 is 7.20. The predicted molar refractivity (Wildman–Crippen MR) is 159 cm³/mol. The van der Waals surface area contributed by atoms with Crippen LogP contribution < -0.4 is 15.0 Å². The molecule has 0 fully saturated rings.